The van der Waals surface area contributed by atoms with Crippen LogP contribution in [0.15, 0.2) is 48.8 Å². The first-order valence-electron chi connectivity index (χ1n) is 5.89. The topological polar surface area (TPSA) is 50.5 Å². The Labute approximate surface area is 145 Å². The summed E-state index contributed by atoms with van der Waals surface area (Å²) in [4.78, 5) is 0.0793. The highest BCUT2D eigenvalue weighted by Gasteiger charge is 2.27. The van der Waals surface area contributed by atoms with Gasteiger partial charge in [0.25, 0.3) is 0 Å². The van der Waals surface area contributed by atoms with Crippen molar-refractivity contribution < 1.29 is 12.8 Å². The van der Waals surface area contributed by atoms with Crippen molar-refractivity contribution in [3.05, 3.63) is 50.8 Å². The van der Waals surface area contributed by atoms with Gasteiger partial charge in [-0.2, -0.15) is 4.31 Å². The molecule has 8 heteroatoms. The Morgan fingerprint density at radius 1 is 1.29 bits per heavy atom. The Morgan fingerprint density at radius 3 is 2.57 bits per heavy atom. The second-order valence-corrected chi connectivity index (χ2v) is 8.29. The van der Waals surface area contributed by atoms with Crippen LogP contribution in [0.4, 0.5) is 0 Å². The monoisotopic (exact) mass is 455 g/mol. The fourth-order valence-corrected chi connectivity index (χ4v) is 4.48. The number of hydrogen-bond donors (Lipinski definition) is 0. The van der Waals surface area contributed by atoms with Crippen molar-refractivity contribution in [2.24, 2.45) is 0 Å². The van der Waals surface area contributed by atoms with Crippen molar-refractivity contribution in [1.82, 2.24) is 4.31 Å². The van der Waals surface area contributed by atoms with E-state index in [2.05, 4.69) is 31.9 Å². The Kier molecular flexibility index (Phi) is 5.54. The van der Waals surface area contributed by atoms with E-state index >= 15 is 0 Å². The molecule has 0 aliphatic rings. The molecular weight excluding hydrogens is 445 g/mol. The van der Waals surface area contributed by atoms with E-state index in [1.54, 1.807) is 0 Å². The molecule has 0 unspecified atom stereocenters. The molecule has 0 fully saturated rings. The lowest BCUT2D eigenvalue weighted by Gasteiger charge is -2.16. The van der Waals surface area contributed by atoms with Crippen molar-refractivity contribution >= 4 is 53.5 Å². The molecule has 1 aromatic carbocycles. The zero-order valence-corrected chi connectivity index (χ0v) is 15.8. The highest BCUT2D eigenvalue weighted by Crippen LogP contribution is 2.29. The van der Waals surface area contributed by atoms with Crippen molar-refractivity contribution in [2.75, 3.05) is 7.05 Å². The Hall–Kier alpha value is -0.340. The van der Waals surface area contributed by atoms with E-state index in [0.29, 0.717) is 5.76 Å². The van der Waals surface area contributed by atoms with Crippen molar-refractivity contribution in [2.45, 2.75) is 17.3 Å². The molecule has 0 saturated carbocycles. The van der Waals surface area contributed by atoms with E-state index in [0.717, 1.165) is 10.0 Å². The molecule has 0 amide bonds. The van der Waals surface area contributed by atoms with Crippen LogP contribution in [0.5, 0.6) is 0 Å². The highest BCUT2D eigenvalue weighted by molar-refractivity contribution is 9.10. The number of benzene rings is 1. The minimum Gasteiger partial charge on any atom is -0.452 e. The molecule has 0 radical (unpaired) electrons. The largest absolute Gasteiger partial charge is 0.452 e. The summed E-state index contributed by atoms with van der Waals surface area (Å²) < 4.78 is 32.7. The van der Waals surface area contributed by atoms with Gasteiger partial charge in [0.05, 0.1) is 5.88 Å². The van der Waals surface area contributed by atoms with Crippen LogP contribution >= 0.6 is 43.5 Å². The lowest BCUT2D eigenvalue weighted by Crippen LogP contribution is -2.26. The third-order valence-corrected chi connectivity index (χ3v) is 6.24. The molecule has 0 saturated heterocycles. The van der Waals surface area contributed by atoms with Gasteiger partial charge in [-0.15, -0.1) is 11.6 Å². The molecule has 1 heterocycles. The first kappa shape index (κ1) is 17.0. The number of furan rings is 1. The van der Waals surface area contributed by atoms with Gasteiger partial charge in [0.1, 0.15) is 10.7 Å². The van der Waals surface area contributed by atoms with Crippen LogP contribution in [0.1, 0.15) is 11.3 Å². The summed E-state index contributed by atoms with van der Waals surface area (Å²) in [6.45, 7) is 0.260. The maximum absolute atomic E-state index is 12.6. The Morgan fingerprint density at radius 2 is 2.00 bits per heavy atom. The number of nitrogens with zero attached hydrogens (tertiary/aromatic N) is 1. The van der Waals surface area contributed by atoms with E-state index in [4.69, 9.17) is 16.0 Å². The smallest absolute Gasteiger partial charge is 0.247 e. The van der Waals surface area contributed by atoms with Crippen molar-refractivity contribution in [1.29, 1.82) is 0 Å². The Balaban J connectivity index is 2.28. The van der Waals surface area contributed by atoms with Crippen molar-refractivity contribution in [3.8, 4) is 0 Å². The summed E-state index contributed by atoms with van der Waals surface area (Å²) >= 11 is 12.1. The van der Waals surface area contributed by atoms with Crippen LogP contribution in [0.3, 0.4) is 0 Å². The summed E-state index contributed by atoms with van der Waals surface area (Å²) in [5.41, 5.74) is 0.882. The van der Waals surface area contributed by atoms with E-state index < -0.39 is 10.0 Å². The molecule has 1 aromatic heterocycles. The molecule has 21 heavy (non-hydrogen) atoms. The van der Waals surface area contributed by atoms with Gasteiger partial charge in [-0.05, 0) is 33.6 Å². The number of rotatable bonds is 5. The second-order valence-electron chi connectivity index (χ2n) is 4.38. The number of sulfonamides is 1. The molecule has 0 aliphatic carbocycles. The molecule has 4 nitrogen and oxygen atoms in total. The van der Waals surface area contributed by atoms with Gasteiger partial charge >= 0.3 is 0 Å². The summed E-state index contributed by atoms with van der Waals surface area (Å²) in [5, 5.41) is 0. The predicted molar refractivity (Wildman–Crippen MR) is 88.8 cm³/mol. The molecule has 0 aliphatic heterocycles. The zero-order chi connectivity index (χ0) is 15.6. The quantitative estimate of drug-likeness (QED) is 0.627. The fraction of sp³-hybridized carbons (Fsp3) is 0.231. The SMILES string of the molecule is CN(Cc1cccc(Br)c1)S(=O)(=O)c1cc(CCl)oc1Br. The molecule has 0 bridgehead atoms. The normalized spacial score (nSPS) is 12.0. The van der Waals surface area contributed by atoms with Crippen molar-refractivity contribution in [3.63, 3.8) is 0 Å². The Bertz CT molecular complexity index is 746. The van der Waals surface area contributed by atoms with Gasteiger partial charge < -0.3 is 4.42 Å². The van der Waals surface area contributed by atoms with Gasteiger partial charge in [0.15, 0.2) is 4.67 Å². The molecule has 114 valence electrons. The molecule has 2 aromatic rings. The van der Waals surface area contributed by atoms with Gasteiger partial charge in [-0.3, -0.25) is 0 Å². The predicted octanol–water partition coefficient (Wildman–Crippen LogP) is 4.36. The lowest BCUT2D eigenvalue weighted by molar-refractivity contribution is 0.460. The van der Waals surface area contributed by atoms with E-state index in [-0.39, 0.29) is 22.0 Å². The third-order valence-electron chi connectivity index (χ3n) is 2.82. The number of halogens is 3. The maximum atomic E-state index is 12.6. The summed E-state index contributed by atoms with van der Waals surface area (Å²) in [6.07, 6.45) is 0. The van der Waals surface area contributed by atoms with Crippen LogP contribution in [0, 0.1) is 0 Å². The average molecular weight is 458 g/mol. The first-order valence-corrected chi connectivity index (χ1v) is 9.45. The van der Waals surface area contributed by atoms with E-state index in [1.807, 2.05) is 24.3 Å². The van der Waals surface area contributed by atoms with Crippen LogP contribution in [-0.2, 0) is 22.4 Å². The highest BCUT2D eigenvalue weighted by atomic mass is 79.9. The van der Waals surface area contributed by atoms with Gasteiger partial charge in [0.2, 0.25) is 10.0 Å². The number of alkyl halides is 1. The average Bonchev–Trinajstić information content (AvgIpc) is 2.80. The minimum absolute atomic E-state index is 0.0793. The van der Waals surface area contributed by atoms with Gasteiger partial charge in [0, 0.05) is 24.1 Å². The molecule has 0 spiro atoms. The van der Waals surface area contributed by atoms with E-state index in [1.165, 1.54) is 17.4 Å². The maximum Gasteiger partial charge on any atom is 0.247 e. The summed E-state index contributed by atoms with van der Waals surface area (Å²) in [5.74, 6) is 0.515. The molecule has 0 atom stereocenters. The summed E-state index contributed by atoms with van der Waals surface area (Å²) in [7, 11) is -2.13. The van der Waals surface area contributed by atoms with Crippen LogP contribution in [0.2, 0.25) is 0 Å². The summed E-state index contributed by atoms with van der Waals surface area (Å²) in [6, 6.07) is 8.92. The first-order chi connectivity index (χ1) is 9.84. The molecular formula is C13H12Br2ClNO3S. The molecule has 0 N–H and O–H groups in total. The van der Waals surface area contributed by atoms with E-state index in [9.17, 15) is 8.42 Å². The van der Waals surface area contributed by atoms with Crippen LogP contribution in [-0.4, -0.2) is 19.8 Å². The zero-order valence-electron chi connectivity index (χ0n) is 11.0. The van der Waals surface area contributed by atoms with Crippen LogP contribution in [0.25, 0.3) is 0 Å². The van der Waals surface area contributed by atoms with Gasteiger partial charge in [-0.1, -0.05) is 28.1 Å². The lowest BCUT2D eigenvalue weighted by atomic mass is 10.2. The van der Waals surface area contributed by atoms with Crippen LogP contribution < -0.4 is 0 Å². The second kappa shape index (κ2) is 6.83. The number of hydrogen-bond acceptors (Lipinski definition) is 3. The third kappa shape index (κ3) is 3.90. The van der Waals surface area contributed by atoms with Gasteiger partial charge in [-0.25, -0.2) is 8.42 Å². The minimum atomic E-state index is -3.65. The fourth-order valence-electron chi connectivity index (χ4n) is 1.78. The molecule has 2 rings (SSSR count). The standard InChI is InChI=1S/C13H12Br2ClNO3S/c1-17(8-9-3-2-4-10(14)5-9)21(18,19)12-6-11(7-16)20-13(12)15/h2-6H,7-8H2,1H3.